The van der Waals surface area contributed by atoms with Gasteiger partial charge in [0.15, 0.2) is 12.2 Å². The van der Waals surface area contributed by atoms with Gasteiger partial charge in [0.1, 0.15) is 12.7 Å². The lowest BCUT2D eigenvalue weighted by atomic mass is 9.97. The van der Waals surface area contributed by atoms with Gasteiger partial charge >= 0.3 is 17.9 Å². The molecule has 9 heteroatoms. The second-order valence-corrected chi connectivity index (χ2v) is 5.13. The van der Waals surface area contributed by atoms with Crippen molar-refractivity contribution in [3.63, 3.8) is 0 Å². The highest BCUT2D eigenvalue weighted by molar-refractivity contribution is 5.73. The molecule has 0 aliphatic carbocycles. The minimum absolute atomic E-state index is 0.0151. The number of rotatable bonds is 5. The molecule has 0 unspecified atom stereocenters. The van der Waals surface area contributed by atoms with E-state index in [4.69, 9.17) is 18.9 Å². The Morgan fingerprint density at radius 1 is 0.957 bits per heavy atom. The Morgan fingerprint density at radius 2 is 1.52 bits per heavy atom. The molecule has 1 aliphatic heterocycles. The quantitative estimate of drug-likeness (QED) is 0.520. The van der Waals surface area contributed by atoms with E-state index in [9.17, 15) is 19.2 Å². The number of nitrogens with one attached hydrogen (secondary N) is 1. The highest BCUT2D eigenvalue weighted by Gasteiger charge is 2.45. The van der Waals surface area contributed by atoms with Crippen LogP contribution in [0.4, 0.5) is 0 Å². The molecule has 1 amide bonds. The van der Waals surface area contributed by atoms with Crippen LogP contribution in [0.25, 0.3) is 0 Å². The maximum atomic E-state index is 11.3. The number of amides is 1. The third kappa shape index (κ3) is 6.23. The molecule has 1 heterocycles. The molecule has 1 saturated heterocycles. The monoisotopic (exact) mass is 331 g/mol. The fourth-order valence-electron chi connectivity index (χ4n) is 2.26. The van der Waals surface area contributed by atoms with Gasteiger partial charge in [-0.3, -0.25) is 19.2 Å². The Bertz CT molecular complexity index is 477. The second-order valence-electron chi connectivity index (χ2n) is 5.13. The Kier molecular flexibility index (Phi) is 6.95. The first-order valence-corrected chi connectivity index (χ1v) is 7.07. The van der Waals surface area contributed by atoms with Crippen molar-refractivity contribution >= 4 is 23.8 Å². The average Bonchev–Trinajstić information content (AvgIpc) is 2.39. The summed E-state index contributed by atoms with van der Waals surface area (Å²) in [6, 6.07) is -0.686. The molecule has 0 aromatic heterocycles. The van der Waals surface area contributed by atoms with Crippen molar-refractivity contribution in [2.75, 3.05) is 13.2 Å². The summed E-state index contributed by atoms with van der Waals surface area (Å²) in [6.07, 6.45) is -2.77. The first-order chi connectivity index (χ1) is 10.7. The highest BCUT2D eigenvalue weighted by atomic mass is 16.6. The van der Waals surface area contributed by atoms with Gasteiger partial charge in [-0.25, -0.2) is 0 Å². The molecule has 130 valence electrons. The molecule has 0 aromatic carbocycles. The fraction of sp³-hybridized carbons (Fsp3) is 0.714. The summed E-state index contributed by atoms with van der Waals surface area (Å²) < 4.78 is 20.8. The number of carbonyl (C=O) groups is 4. The highest BCUT2D eigenvalue weighted by Crippen LogP contribution is 2.23. The number of ether oxygens (including phenoxy) is 4. The number of carbonyl (C=O) groups excluding carboxylic acids is 4. The zero-order valence-corrected chi connectivity index (χ0v) is 13.5. The Labute approximate surface area is 133 Å². The van der Waals surface area contributed by atoms with E-state index < -0.39 is 42.3 Å². The minimum atomic E-state index is -1.01. The predicted molar refractivity (Wildman–Crippen MR) is 75.1 cm³/mol. The van der Waals surface area contributed by atoms with Crippen molar-refractivity contribution in [2.45, 2.75) is 52.0 Å². The smallest absolute Gasteiger partial charge is 0.303 e. The maximum Gasteiger partial charge on any atom is 0.303 e. The van der Waals surface area contributed by atoms with Gasteiger partial charge in [0, 0.05) is 27.7 Å². The van der Waals surface area contributed by atoms with Gasteiger partial charge in [-0.05, 0) is 0 Å². The van der Waals surface area contributed by atoms with Crippen LogP contribution in [-0.2, 0) is 38.1 Å². The molecule has 1 fully saturated rings. The van der Waals surface area contributed by atoms with Crippen molar-refractivity contribution in [2.24, 2.45) is 0 Å². The minimum Gasteiger partial charge on any atom is -0.463 e. The van der Waals surface area contributed by atoms with Crippen LogP contribution in [0.3, 0.4) is 0 Å². The van der Waals surface area contributed by atoms with Crippen molar-refractivity contribution < 1.29 is 38.1 Å². The van der Waals surface area contributed by atoms with Crippen LogP contribution in [0, 0.1) is 0 Å². The molecule has 0 bridgehead atoms. The molecule has 0 spiro atoms. The maximum absolute atomic E-state index is 11.3. The van der Waals surface area contributed by atoms with Gasteiger partial charge in [-0.15, -0.1) is 0 Å². The third-order valence-corrected chi connectivity index (χ3v) is 3.02. The molecule has 1 N–H and O–H groups in total. The van der Waals surface area contributed by atoms with E-state index in [0.717, 1.165) is 0 Å². The lowest BCUT2D eigenvalue weighted by Gasteiger charge is -2.41. The molecule has 0 saturated carbocycles. The standard InChI is InChI=1S/C14H21NO8/c1-7(16)15-11-5-21-12(6-20-8(2)17)14(23-10(4)19)13(11)22-9(3)18/h11-14H,5-6H2,1-4H3,(H,15,16)/t11-,12-,13-,14+/m1/s1. The van der Waals surface area contributed by atoms with Gasteiger partial charge in [-0.2, -0.15) is 0 Å². The van der Waals surface area contributed by atoms with Gasteiger partial charge in [0.2, 0.25) is 5.91 Å². The van der Waals surface area contributed by atoms with Crippen LogP contribution in [0.15, 0.2) is 0 Å². The zero-order chi connectivity index (χ0) is 17.6. The molecule has 1 aliphatic rings. The molecule has 4 atom stereocenters. The normalized spacial score (nSPS) is 26.8. The molecule has 9 nitrogen and oxygen atoms in total. The van der Waals surface area contributed by atoms with E-state index in [0.29, 0.717) is 0 Å². The summed E-state index contributed by atoms with van der Waals surface area (Å²) in [4.78, 5) is 44.9. The van der Waals surface area contributed by atoms with Gasteiger partial charge < -0.3 is 24.3 Å². The Hall–Kier alpha value is -2.16. The fourth-order valence-corrected chi connectivity index (χ4v) is 2.26. The topological polar surface area (TPSA) is 117 Å². The molecule has 0 radical (unpaired) electrons. The van der Waals surface area contributed by atoms with E-state index in [2.05, 4.69) is 5.32 Å². The van der Waals surface area contributed by atoms with Gasteiger partial charge in [-0.1, -0.05) is 0 Å². The first kappa shape index (κ1) is 18.9. The van der Waals surface area contributed by atoms with Crippen LogP contribution in [0.5, 0.6) is 0 Å². The van der Waals surface area contributed by atoms with E-state index in [-0.39, 0.29) is 19.1 Å². The first-order valence-electron chi connectivity index (χ1n) is 7.07. The Balaban J connectivity index is 2.98. The molecular formula is C14H21NO8. The lowest BCUT2D eigenvalue weighted by Crippen LogP contribution is -2.62. The SMILES string of the molecule is CC(=O)N[C@@H]1CO[C@H](COC(C)=O)[C@H](OC(C)=O)[C@@H]1OC(C)=O. The Morgan fingerprint density at radius 3 is 2.00 bits per heavy atom. The van der Waals surface area contributed by atoms with Gasteiger partial charge in [0.25, 0.3) is 0 Å². The van der Waals surface area contributed by atoms with Crippen LogP contribution >= 0.6 is 0 Å². The summed E-state index contributed by atoms with van der Waals surface area (Å²) in [5.41, 5.74) is 0. The summed E-state index contributed by atoms with van der Waals surface area (Å²) in [7, 11) is 0. The van der Waals surface area contributed by atoms with Crippen molar-refractivity contribution in [1.29, 1.82) is 0 Å². The molecule has 0 aromatic rings. The van der Waals surface area contributed by atoms with Crippen molar-refractivity contribution in [3.05, 3.63) is 0 Å². The largest absolute Gasteiger partial charge is 0.463 e. The zero-order valence-electron chi connectivity index (χ0n) is 13.5. The van der Waals surface area contributed by atoms with Crippen molar-refractivity contribution in [1.82, 2.24) is 5.32 Å². The van der Waals surface area contributed by atoms with E-state index in [1.807, 2.05) is 0 Å². The van der Waals surface area contributed by atoms with Crippen LogP contribution in [0.2, 0.25) is 0 Å². The van der Waals surface area contributed by atoms with Gasteiger partial charge in [0.05, 0.1) is 12.6 Å². The number of hydrogen-bond acceptors (Lipinski definition) is 8. The third-order valence-electron chi connectivity index (χ3n) is 3.02. The average molecular weight is 331 g/mol. The van der Waals surface area contributed by atoms with Crippen molar-refractivity contribution in [3.8, 4) is 0 Å². The molecule has 23 heavy (non-hydrogen) atoms. The number of hydrogen-bond donors (Lipinski definition) is 1. The summed E-state index contributed by atoms with van der Waals surface area (Å²) in [5.74, 6) is -2.10. The van der Waals surface area contributed by atoms with E-state index in [1.54, 1.807) is 0 Å². The van der Waals surface area contributed by atoms with E-state index in [1.165, 1.54) is 27.7 Å². The molecular weight excluding hydrogens is 310 g/mol. The second kappa shape index (κ2) is 8.47. The summed E-state index contributed by atoms with van der Waals surface area (Å²) in [6.45, 7) is 4.77. The number of esters is 3. The molecule has 1 rings (SSSR count). The van der Waals surface area contributed by atoms with Crippen LogP contribution in [-0.4, -0.2) is 61.4 Å². The summed E-state index contributed by atoms with van der Waals surface area (Å²) in [5, 5.41) is 2.59. The predicted octanol–water partition coefficient (Wildman–Crippen LogP) is -0.684. The van der Waals surface area contributed by atoms with Crippen LogP contribution in [0.1, 0.15) is 27.7 Å². The summed E-state index contributed by atoms with van der Waals surface area (Å²) >= 11 is 0. The van der Waals surface area contributed by atoms with Crippen LogP contribution < -0.4 is 5.32 Å². The van der Waals surface area contributed by atoms with E-state index >= 15 is 0 Å². The lowest BCUT2D eigenvalue weighted by molar-refractivity contribution is -0.207.